The number of alkyl halides is 3. The number of ether oxygens (including phenoxy) is 1. The fraction of sp³-hybridized carbons (Fsp3) is 0.292. The Labute approximate surface area is 199 Å². The minimum absolute atomic E-state index is 0.00879. The van der Waals surface area contributed by atoms with Crippen molar-refractivity contribution in [1.29, 1.82) is 0 Å². The number of rotatable bonds is 6. The summed E-state index contributed by atoms with van der Waals surface area (Å²) in [5.74, 6) is -1.53. The lowest BCUT2D eigenvalue weighted by molar-refractivity contribution is -0.137. The fourth-order valence-electron chi connectivity index (χ4n) is 4.06. The molecule has 2 heterocycles. The van der Waals surface area contributed by atoms with E-state index in [1.54, 1.807) is 17.7 Å². The largest absolute Gasteiger partial charge is 0.417 e. The van der Waals surface area contributed by atoms with E-state index in [9.17, 15) is 30.8 Å². The summed E-state index contributed by atoms with van der Waals surface area (Å²) in [4.78, 5) is 12.2. The molecule has 0 saturated carbocycles. The van der Waals surface area contributed by atoms with E-state index in [4.69, 9.17) is 4.74 Å². The van der Waals surface area contributed by atoms with Crippen LogP contribution in [0.4, 0.5) is 23.2 Å². The van der Waals surface area contributed by atoms with Crippen molar-refractivity contribution in [3.05, 3.63) is 71.2 Å². The number of benzene rings is 2. The van der Waals surface area contributed by atoms with E-state index in [1.165, 1.54) is 24.3 Å². The summed E-state index contributed by atoms with van der Waals surface area (Å²) in [5.41, 5.74) is 0.677. The summed E-state index contributed by atoms with van der Waals surface area (Å²) in [7, 11) is -3.76. The van der Waals surface area contributed by atoms with Crippen LogP contribution in [0.5, 0.6) is 0 Å². The Morgan fingerprint density at radius 3 is 2.43 bits per heavy atom. The molecule has 1 amide bonds. The van der Waals surface area contributed by atoms with Gasteiger partial charge in [0.15, 0.2) is 9.84 Å². The molecule has 0 radical (unpaired) electrons. The molecule has 4 rings (SSSR count). The molecule has 0 bridgehead atoms. The highest BCUT2D eigenvalue weighted by Gasteiger charge is 2.36. The molecule has 3 aromatic rings. The highest BCUT2D eigenvalue weighted by molar-refractivity contribution is 7.90. The normalized spacial score (nSPS) is 14.6. The van der Waals surface area contributed by atoms with Crippen molar-refractivity contribution >= 4 is 21.4 Å². The number of amides is 1. The molecular formula is C24H22F4N2O4S. The summed E-state index contributed by atoms with van der Waals surface area (Å²) < 4.78 is 85.4. The van der Waals surface area contributed by atoms with E-state index in [0.29, 0.717) is 30.0 Å². The summed E-state index contributed by atoms with van der Waals surface area (Å²) in [6, 6.07) is 8.34. The van der Waals surface area contributed by atoms with Gasteiger partial charge in [-0.2, -0.15) is 13.2 Å². The number of aromatic nitrogens is 1. The van der Waals surface area contributed by atoms with Crippen LogP contribution < -0.4 is 5.32 Å². The van der Waals surface area contributed by atoms with Gasteiger partial charge < -0.3 is 14.6 Å². The smallest absolute Gasteiger partial charge is 0.377 e. The maximum atomic E-state index is 14.2. The van der Waals surface area contributed by atoms with Crippen molar-refractivity contribution in [3.63, 3.8) is 0 Å². The zero-order chi connectivity index (χ0) is 25.5. The molecule has 186 valence electrons. The SMILES string of the molecule is Cc1c(CC(=O)Nc2ccc(S(C)(=O)=O)c(F)c2)cn(C2COC2)c1-c1ccccc1C(F)(F)F. The van der Waals surface area contributed by atoms with Gasteiger partial charge in [0.05, 0.1) is 36.9 Å². The van der Waals surface area contributed by atoms with Crippen LogP contribution in [-0.4, -0.2) is 38.4 Å². The number of carbonyl (C=O) groups is 1. The number of nitrogens with one attached hydrogen (secondary N) is 1. The maximum Gasteiger partial charge on any atom is 0.417 e. The van der Waals surface area contributed by atoms with E-state index in [-0.39, 0.29) is 23.7 Å². The van der Waals surface area contributed by atoms with Gasteiger partial charge in [0, 0.05) is 23.7 Å². The van der Waals surface area contributed by atoms with Crippen molar-refractivity contribution < 1.29 is 35.5 Å². The number of hydrogen-bond donors (Lipinski definition) is 1. The number of hydrogen-bond acceptors (Lipinski definition) is 4. The van der Waals surface area contributed by atoms with Crippen molar-refractivity contribution in [2.24, 2.45) is 0 Å². The minimum atomic E-state index is -4.56. The first-order valence-electron chi connectivity index (χ1n) is 10.6. The summed E-state index contributed by atoms with van der Waals surface area (Å²) in [6.07, 6.45) is -2.21. The molecule has 0 spiro atoms. The van der Waals surface area contributed by atoms with Crippen molar-refractivity contribution in [2.75, 3.05) is 24.8 Å². The second kappa shape index (κ2) is 9.12. The van der Waals surface area contributed by atoms with Gasteiger partial charge in [-0.05, 0) is 42.3 Å². The Hall–Kier alpha value is -3.18. The summed E-state index contributed by atoms with van der Waals surface area (Å²) >= 11 is 0. The molecule has 2 aromatic carbocycles. The van der Waals surface area contributed by atoms with Crippen LogP contribution >= 0.6 is 0 Å². The van der Waals surface area contributed by atoms with Gasteiger partial charge in [-0.3, -0.25) is 4.79 Å². The second-order valence-corrected chi connectivity index (χ2v) is 10.4. The molecule has 1 aliphatic heterocycles. The third-order valence-electron chi connectivity index (χ3n) is 5.86. The van der Waals surface area contributed by atoms with Gasteiger partial charge in [0.25, 0.3) is 0 Å². The standard InChI is InChI=1S/C24H22F4N2O4S/c1-14-15(9-22(31)29-16-7-8-21(20(25)10-16)35(2,32)33)11-30(17-12-34-13-17)23(14)18-5-3-4-6-19(18)24(26,27)28/h3-8,10-11,17H,9,12-13H2,1-2H3,(H,29,31). The molecule has 1 N–H and O–H groups in total. The molecule has 35 heavy (non-hydrogen) atoms. The second-order valence-electron chi connectivity index (χ2n) is 8.41. The van der Waals surface area contributed by atoms with Crippen molar-refractivity contribution in [3.8, 4) is 11.3 Å². The van der Waals surface area contributed by atoms with E-state index in [0.717, 1.165) is 24.5 Å². The Morgan fingerprint density at radius 1 is 1.17 bits per heavy atom. The zero-order valence-corrected chi connectivity index (χ0v) is 19.6. The summed E-state index contributed by atoms with van der Waals surface area (Å²) in [5, 5.41) is 2.51. The van der Waals surface area contributed by atoms with Gasteiger partial charge in [-0.25, -0.2) is 12.8 Å². The maximum absolute atomic E-state index is 14.2. The molecular weight excluding hydrogens is 488 g/mol. The van der Waals surface area contributed by atoms with Crippen molar-refractivity contribution in [1.82, 2.24) is 4.57 Å². The van der Waals surface area contributed by atoms with Crippen LogP contribution in [0, 0.1) is 12.7 Å². The Bertz CT molecular complexity index is 1390. The van der Waals surface area contributed by atoms with Gasteiger partial charge in [0.1, 0.15) is 10.7 Å². The van der Waals surface area contributed by atoms with Gasteiger partial charge >= 0.3 is 6.18 Å². The molecule has 6 nitrogen and oxygen atoms in total. The monoisotopic (exact) mass is 510 g/mol. The minimum Gasteiger partial charge on any atom is -0.377 e. The van der Waals surface area contributed by atoms with Gasteiger partial charge in [0.2, 0.25) is 5.91 Å². The first-order valence-corrected chi connectivity index (χ1v) is 12.5. The van der Waals surface area contributed by atoms with Crippen LogP contribution in [0.3, 0.4) is 0 Å². The number of carbonyl (C=O) groups excluding carboxylic acids is 1. The van der Waals surface area contributed by atoms with Crippen LogP contribution in [0.2, 0.25) is 0 Å². The quantitative estimate of drug-likeness (QED) is 0.485. The van der Waals surface area contributed by atoms with E-state index < -0.39 is 38.2 Å². The van der Waals surface area contributed by atoms with Crippen molar-refractivity contribution in [2.45, 2.75) is 30.5 Å². The summed E-state index contributed by atoms with van der Waals surface area (Å²) in [6.45, 7) is 2.33. The van der Waals surface area contributed by atoms with Crippen LogP contribution in [-0.2, 0) is 32.0 Å². The third kappa shape index (κ3) is 5.10. The fourth-order valence-corrected chi connectivity index (χ4v) is 4.79. The molecule has 0 unspecified atom stereocenters. The topological polar surface area (TPSA) is 77.4 Å². The molecule has 1 fully saturated rings. The number of halogens is 4. The highest BCUT2D eigenvalue weighted by atomic mass is 32.2. The molecule has 1 aliphatic rings. The predicted molar refractivity (Wildman–Crippen MR) is 121 cm³/mol. The molecule has 0 atom stereocenters. The molecule has 1 saturated heterocycles. The third-order valence-corrected chi connectivity index (χ3v) is 6.99. The Morgan fingerprint density at radius 2 is 1.86 bits per heavy atom. The lowest BCUT2D eigenvalue weighted by Crippen LogP contribution is -2.30. The van der Waals surface area contributed by atoms with Crippen LogP contribution in [0.1, 0.15) is 22.7 Å². The lowest BCUT2D eigenvalue weighted by atomic mass is 9.99. The predicted octanol–water partition coefficient (Wildman–Crippen LogP) is 4.78. The van der Waals surface area contributed by atoms with E-state index >= 15 is 0 Å². The van der Waals surface area contributed by atoms with Gasteiger partial charge in [-0.1, -0.05) is 18.2 Å². The van der Waals surface area contributed by atoms with Crippen LogP contribution in [0.25, 0.3) is 11.3 Å². The number of sulfone groups is 1. The average Bonchev–Trinajstić information content (AvgIpc) is 3.00. The Balaban J connectivity index is 1.66. The van der Waals surface area contributed by atoms with E-state index in [2.05, 4.69) is 5.32 Å². The first kappa shape index (κ1) is 24.9. The van der Waals surface area contributed by atoms with Gasteiger partial charge in [-0.15, -0.1) is 0 Å². The molecule has 0 aliphatic carbocycles. The van der Waals surface area contributed by atoms with E-state index in [1.807, 2.05) is 0 Å². The zero-order valence-electron chi connectivity index (χ0n) is 18.8. The van der Waals surface area contributed by atoms with Crippen LogP contribution in [0.15, 0.2) is 53.6 Å². The average molecular weight is 511 g/mol. The Kier molecular flexibility index (Phi) is 6.50. The highest BCUT2D eigenvalue weighted by Crippen LogP contribution is 2.41. The molecule has 11 heteroatoms. The number of anilines is 1. The number of nitrogens with zero attached hydrogens (tertiary/aromatic N) is 1. The first-order chi connectivity index (χ1) is 16.4. The lowest BCUT2D eigenvalue weighted by Gasteiger charge is -2.30. The molecule has 1 aromatic heterocycles.